The van der Waals surface area contributed by atoms with Crippen molar-refractivity contribution in [2.24, 2.45) is 11.3 Å². The molecule has 1 aromatic rings. The first kappa shape index (κ1) is 33.4. The Labute approximate surface area is 231 Å². The predicted octanol–water partition coefficient (Wildman–Crippen LogP) is 3.01. The highest BCUT2D eigenvalue weighted by Crippen LogP contribution is 2.21. The van der Waals surface area contributed by atoms with E-state index in [0.29, 0.717) is 0 Å². The molecule has 0 aliphatic heterocycles. The fourth-order valence-electron chi connectivity index (χ4n) is 3.44. The minimum Gasteiger partial charge on any atom is -0.462 e. The normalized spacial score (nSPS) is 14.1. The maximum atomic E-state index is 13.1. The van der Waals surface area contributed by atoms with E-state index in [-0.39, 0.29) is 50.9 Å². The molecule has 0 aromatic heterocycles. The maximum Gasteiger partial charge on any atom is 0.408 e. The molecule has 0 aliphatic rings. The number of benzene rings is 1. The van der Waals surface area contributed by atoms with Gasteiger partial charge in [-0.2, -0.15) is 0 Å². The summed E-state index contributed by atoms with van der Waals surface area (Å²) in [4.78, 5) is 50.5. The molecule has 0 heterocycles. The lowest BCUT2D eigenvalue weighted by Gasteiger charge is -2.32. The van der Waals surface area contributed by atoms with Crippen molar-refractivity contribution in [3.8, 4) is 0 Å². The zero-order valence-electron chi connectivity index (χ0n) is 23.4. The third-order valence-electron chi connectivity index (χ3n) is 5.88. The van der Waals surface area contributed by atoms with Crippen LogP contribution in [-0.2, 0) is 30.5 Å². The van der Waals surface area contributed by atoms with Crippen LogP contribution in [0, 0.1) is 11.3 Å². The molecule has 0 fully saturated rings. The Kier molecular flexibility index (Phi) is 14.6. The third kappa shape index (κ3) is 13.1. The molecule has 10 nitrogen and oxygen atoms in total. The first-order valence-corrected chi connectivity index (χ1v) is 13.0. The molecule has 0 unspecified atom stereocenters. The van der Waals surface area contributed by atoms with Crippen molar-refractivity contribution >= 4 is 23.9 Å². The van der Waals surface area contributed by atoms with Crippen LogP contribution in [0.5, 0.6) is 0 Å². The van der Waals surface area contributed by atoms with E-state index in [1.54, 1.807) is 13.0 Å². The Balaban J connectivity index is 2.79. The van der Waals surface area contributed by atoms with Gasteiger partial charge >= 0.3 is 12.1 Å². The lowest BCUT2D eigenvalue weighted by atomic mass is 9.86. The number of esters is 1. The van der Waals surface area contributed by atoms with Crippen LogP contribution in [0.2, 0.25) is 0 Å². The van der Waals surface area contributed by atoms with Gasteiger partial charge in [-0.1, -0.05) is 63.3 Å². The van der Waals surface area contributed by atoms with Gasteiger partial charge in [0.25, 0.3) is 0 Å². The first-order valence-electron chi connectivity index (χ1n) is 13.0. The summed E-state index contributed by atoms with van der Waals surface area (Å²) in [6, 6.07) is 7.08. The van der Waals surface area contributed by atoms with Crippen LogP contribution < -0.4 is 16.0 Å². The van der Waals surface area contributed by atoms with Crippen LogP contribution in [0.15, 0.2) is 55.6 Å². The van der Waals surface area contributed by atoms with Gasteiger partial charge in [0, 0.05) is 12.5 Å². The molecule has 3 amide bonds. The summed E-state index contributed by atoms with van der Waals surface area (Å²) in [5.41, 5.74) is 0.299. The average molecular weight is 546 g/mol. The molecule has 1 rings (SSSR count). The highest BCUT2D eigenvalue weighted by molar-refractivity contribution is 5.86. The van der Waals surface area contributed by atoms with E-state index in [1.807, 2.05) is 51.1 Å². The number of hydrogen-bond acceptors (Lipinski definition) is 7. The summed E-state index contributed by atoms with van der Waals surface area (Å²) in [5.74, 6) is -2.14. The average Bonchev–Trinajstić information content (AvgIpc) is 2.88. The second kappa shape index (κ2) is 17.0. The van der Waals surface area contributed by atoms with Gasteiger partial charge in [0.1, 0.15) is 19.3 Å². The number of ether oxygens (including phenoxy) is 2. The van der Waals surface area contributed by atoms with E-state index in [2.05, 4.69) is 29.1 Å². The standard InChI is InChI=1S/C29H43N3O7/c1-7-12-22(16-25(34)30-20(3)17-33)26(35)32-24(29(4,5)6)19-38-27(36)23(13-8-2)31-28(37)39-18-21-14-10-9-11-15-21/h7-11,14-15,20,22-24,33H,1-2,12-13,16-19H2,3-6H3,(H,30,34)(H,31,37)(H,32,35)/t20-,22-,23+,24+/m0/s1. The lowest BCUT2D eigenvalue weighted by molar-refractivity contribution is -0.148. The van der Waals surface area contributed by atoms with Gasteiger partial charge in [-0.25, -0.2) is 9.59 Å². The first-order chi connectivity index (χ1) is 18.4. The molecule has 1 aromatic carbocycles. The van der Waals surface area contributed by atoms with Gasteiger partial charge in [0.05, 0.1) is 18.6 Å². The van der Waals surface area contributed by atoms with E-state index in [1.165, 1.54) is 6.08 Å². The van der Waals surface area contributed by atoms with Crippen molar-refractivity contribution in [1.29, 1.82) is 0 Å². The molecular formula is C29H43N3O7. The fraction of sp³-hybridized carbons (Fsp3) is 0.517. The number of nitrogens with one attached hydrogen (secondary N) is 3. The van der Waals surface area contributed by atoms with E-state index in [4.69, 9.17) is 14.6 Å². The topological polar surface area (TPSA) is 143 Å². The minimum absolute atomic E-state index is 0.0451. The molecule has 0 spiro atoms. The Morgan fingerprint density at radius 2 is 1.62 bits per heavy atom. The monoisotopic (exact) mass is 545 g/mol. The van der Waals surface area contributed by atoms with Gasteiger partial charge in [-0.3, -0.25) is 9.59 Å². The number of amides is 3. The van der Waals surface area contributed by atoms with Gasteiger partial charge in [-0.05, 0) is 30.7 Å². The summed E-state index contributed by atoms with van der Waals surface area (Å²) >= 11 is 0. The SMILES string of the molecule is C=CC[C@@H](CC(=O)N[C@@H](C)CO)C(=O)N[C@H](COC(=O)[C@@H](CC=C)NC(=O)OCc1ccccc1)C(C)(C)C. The Morgan fingerprint density at radius 3 is 2.18 bits per heavy atom. The summed E-state index contributed by atoms with van der Waals surface area (Å²) in [7, 11) is 0. The summed E-state index contributed by atoms with van der Waals surface area (Å²) in [5, 5.41) is 17.2. The summed E-state index contributed by atoms with van der Waals surface area (Å²) in [6.07, 6.45) is 2.56. The van der Waals surface area contributed by atoms with E-state index < -0.39 is 41.5 Å². The van der Waals surface area contributed by atoms with Crippen molar-refractivity contribution in [1.82, 2.24) is 16.0 Å². The fourth-order valence-corrected chi connectivity index (χ4v) is 3.44. The van der Waals surface area contributed by atoms with Crippen LogP contribution in [0.4, 0.5) is 4.79 Å². The number of carbonyl (C=O) groups excluding carboxylic acids is 4. The van der Waals surface area contributed by atoms with Crippen LogP contribution in [0.1, 0.15) is 52.5 Å². The molecule has 4 atom stereocenters. The van der Waals surface area contributed by atoms with Gasteiger partial charge in [-0.15, -0.1) is 13.2 Å². The molecule has 0 radical (unpaired) electrons. The summed E-state index contributed by atoms with van der Waals surface area (Å²) < 4.78 is 10.7. The highest BCUT2D eigenvalue weighted by Gasteiger charge is 2.32. The van der Waals surface area contributed by atoms with Crippen molar-refractivity contribution in [2.45, 2.75) is 71.7 Å². The number of alkyl carbamates (subject to hydrolysis) is 1. The smallest absolute Gasteiger partial charge is 0.408 e. The number of carbonyl (C=O) groups is 4. The number of rotatable bonds is 16. The molecule has 0 bridgehead atoms. The van der Waals surface area contributed by atoms with Gasteiger partial charge < -0.3 is 30.5 Å². The number of hydrogen-bond donors (Lipinski definition) is 4. The summed E-state index contributed by atoms with van der Waals surface area (Å²) in [6.45, 7) is 14.3. The van der Waals surface area contributed by atoms with Crippen LogP contribution in [-0.4, -0.2) is 60.3 Å². The highest BCUT2D eigenvalue weighted by atomic mass is 16.6. The lowest BCUT2D eigenvalue weighted by Crippen LogP contribution is -2.50. The zero-order chi connectivity index (χ0) is 29.4. The van der Waals surface area contributed by atoms with Crippen molar-refractivity contribution < 1.29 is 33.8 Å². The molecule has 0 saturated carbocycles. The largest absolute Gasteiger partial charge is 0.462 e. The maximum absolute atomic E-state index is 13.1. The van der Waals surface area contributed by atoms with Crippen molar-refractivity contribution in [3.05, 3.63) is 61.2 Å². The number of aliphatic hydroxyl groups excluding tert-OH is 1. The van der Waals surface area contributed by atoms with E-state index >= 15 is 0 Å². The van der Waals surface area contributed by atoms with Gasteiger partial charge in [0.15, 0.2) is 0 Å². The van der Waals surface area contributed by atoms with Crippen LogP contribution in [0.25, 0.3) is 0 Å². The molecular weight excluding hydrogens is 502 g/mol. The third-order valence-corrected chi connectivity index (χ3v) is 5.88. The zero-order valence-corrected chi connectivity index (χ0v) is 23.4. The van der Waals surface area contributed by atoms with E-state index in [0.717, 1.165) is 5.56 Å². The van der Waals surface area contributed by atoms with Crippen LogP contribution in [0.3, 0.4) is 0 Å². The molecule has 39 heavy (non-hydrogen) atoms. The quantitative estimate of drug-likeness (QED) is 0.185. The second-order valence-electron chi connectivity index (χ2n) is 10.4. The van der Waals surface area contributed by atoms with Gasteiger partial charge in [0.2, 0.25) is 11.8 Å². The molecule has 4 N–H and O–H groups in total. The number of aliphatic hydroxyl groups is 1. The Morgan fingerprint density at radius 1 is 0.974 bits per heavy atom. The van der Waals surface area contributed by atoms with E-state index in [9.17, 15) is 19.2 Å². The number of allylic oxidation sites excluding steroid dienone is 1. The molecule has 10 heteroatoms. The minimum atomic E-state index is -1.02. The Hall–Kier alpha value is -3.66. The van der Waals surface area contributed by atoms with Crippen molar-refractivity contribution in [3.63, 3.8) is 0 Å². The second-order valence-corrected chi connectivity index (χ2v) is 10.4. The molecule has 216 valence electrons. The Bertz CT molecular complexity index is 959. The van der Waals surface area contributed by atoms with Crippen LogP contribution >= 0.6 is 0 Å². The predicted molar refractivity (Wildman–Crippen MR) is 148 cm³/mol. The molecule has 0 aliphatic carbocycles. The molecule has 0 saturated heterocycles. The van der Waals surface area contributed by atoms with Crippen molar-refractivity contribution in [2.75, 3.05) is 13.2 Å².